The van der Waals surface area contributed by atoms with Gasteiger partial charge in [-0.3, -0.25) is 9.78 Å². The van der Waals surface area contributed by atoms with E-state index in [1.807, 2.05) is 0 Å². The summed E-state index contributed by atoms with van der Waals surface area (Å²) in [6.45, 7) is 8.97. The second-order valence-electron chi connectivity index (χ2n) is 11.8. The third-order valence-corrected chi connectivity index (χ3v) is 8.07. The molecule has 1 unspecified atom stereocenters. The van der Waals surface area contributed by atoms with Crippen LogP contribution in [-0.2, 0) is 20.4 Å². The lowest BCUT2D eigenvalue weighted by atomic mass is 9.97. The van der Waals surface area contributed by atoms with Gasteiger partial charge >= 0.3 is 21.7 Å². The van der Waals surface area contributed by atoms with Gasteiger partial charge in [-0.05, 0) is 82.9 Å². The van der Waals surface area contributed by atoms with Crippen LogP contribution in [0.4, 0.5) is 18.0 Å². The van der Waals surface area contributed by atoms with E-state index in [4.69, 9.17) is 9.47 Å². The molecule has 0 saturated heterocycles. The van der Waals surface area contributed by atoms with E-state index >= 15 is 0 Å². The fourth-order valence-electron chi connectivity index (χ4n) is 4.42. The molecule has 0 bridgehead atoms. The molecule has 238 valence electrons. The molecule has 1 aliphatic carbocycles. The number of nitrogens with zero attached hydrogens (tertiary/aromatic N) is 2. The highest BCUT2D eigenvalue weighted by molar-refractivity contribution is 7.88. The number of rotatable bonds is 9. The van der Waals surface area contributed by atoms with Crippen LogP contribution in [0, 0.1) is 6.92 Å². The Hall–Kier alpha value is -4.07. The van der Waals surface area contributed by atoms with Gasteiger partial charge in [0.25, 0.3) is 5.91 Å². The second-order valence-corrected chi connectivity index (χ2v) is 13.3. The van der Waals surface area contributed by atoms with Gasteiger partial charge in [0.15, 0.2) is 0 Å². The number of likely N-dealkylation sites (N-methyl/N-ethyl adjacent to an activating group) is 1. The Labute approximate surface area is 253 Å². The first kappa shape index (κ1) is 32.8. The monoisotopic (exact) mass is 637 g/mol. The minimum atomic E-state index is -5.93. The zero-order valence-electron chi connectivity index (χ0n) is 25.1. The molecule has 1 aliphatic rings. The largest absolute Gasteiger partial charge is 0.534 e. The maximum atomic E-state index is 13.6. The van der Waals surface area contributed by atoms with Crippen molar-refractivity contribution in [1.82, 2.24) is 15.2 Å². The van der Waals surface area contributed by atoms with Crippen molar-refractivity contribution in [3.05, 3.63) is 65.4 Å². The van der Waals surface area contributed by atoms with Gasteiger partial charge in [0.1, 0.15) is 23.7 Å². The van der Waals surface area contributed by atoms with E-state index in [9.17, 15) is 31.2 Å². The quantitative estimate of drug-likeness (QED) is 0.230. The van der Waals surface area contributed by atoms with Crippen molar-refractivity contribution in [3.8, 4) is 11.5 Å². The summed E-state index contributed by atoms with van der Waals surface area (Å²) in [6, 6.07) is 10.2. The van der Waals surface area contributed by atoms with Gasteiger partial charge in [0.2, 0.25) is 0 Å². The number of aryl methyl sites for hydroxylation is 1. The van der Waals surface area contributed by atoms with E-state index in [0.29, 0.717) is 40.7 Å². The van der Waals surface area contributed by atoms with Crippen LogP contribution < -0.4 is 14.2 Å². The predicted octanol–water partition coefficient (Wildman–Crippen LogP) is 5.82. The molecule has 0 aliphatic heterocycles. The van der Waals surface area contributed by atoms with Crippen LogP contribution >= 0.6 is 0 Å². The van der Waals surface area contributed by atoms with E-state index in [0.717, 1.165) is 6.07 Å². The average Bonchev–Trinajstić information content (AvgIpc) is 3.69. The van der Waals surface area contributed by atoms with Gasteiger partial charge in [0.05, 0.1) is 17.1 Å². The van der Waals surface area contributed by atoms with E-state index in [2.05, 4.69) is 14.5 Å². The molecular formula is C30H34F3N3O7S. The Morgan fingerprint density at radius 2 is 1.77 bits per heavy atom. The summed E-state index contributed by atoms with van der Waals surface area (Å²) >= 11 is 0. The third-order valence-electron chi connectivity index (χ3n) is 7.09. The number of benzene rings is 2. The topological polar surface area (TPSA) is 124 Å². The number of nitrogens with one attached hydrogen (secondary N) is 1. The molecule has 2 aromatic carbocycles. The van der Waals surface area contributed by atoms with E-state index in [1.54, 1.807) is 72.0 Å². The van der Waals surface area contributed by atoms with E-state index in [1.165, 1.54) is 17.2 Å². The van der Waals surface area contributed by atoms with Gasteiger partial charge in [-0.1, -0.05) is 12.1 Å². The molecule has 0 radical (unpaired) electrons. The van der Waals surface area contributed by atoms with Gasteiger partial charge in [-0.15, -0.1) is 0 Å². The standard InChI is InChI=1S/C30H34F3N3O7S/c1-18-9-10-20(41-17-19(2)36(6)27(38)42-28(3,4)5)14-23(18)26(37)35-29(11-12-29)24-15-21(43-44(39,40)30(31,32)33)16-25-22(24)8-7-13-34-25/h7-10,13-16,19H,11-12,17H2,1-6H3,(H,35,37). The van der Waals surface area contributed by atoms with Crippen LogP contribution in [0.25, 0.3) is 10.9 Å². The van der Waals surface area contributed by atoms with E-state index < -0.39 is 44.5 Å². The first-order valence-electron chi connectivity index (χ1n) is 13.7. The first-order valence-corrected chi connectivity index (χ1v) is 15.1. The SMILES string of the molecule is Cc1ccc(OCC(C)N(C)C(=O)OC(C)(C)C)cc1C(=O)NC1(c2cc(OS(=O)(=O)C(F)(F)F)cc3ncccc23)CC1. The van der Waals surface area contributed by atoms with Gasteiger partial charge in [-0.25, -0.2) is 4.79 Å². The molecule has 1 saturated carbocycles. The molecule has 44 heavy (non-hydrogen) atoms. The minimum absolute atomic E-state index is 0.121. The zero-order valence-corrected chi connectivity index (χ0v) is 25.9. The number of hydrogen-bond acceptors (Lipinski definition) is 8. The number of ether oxygens (including phenoxy) is 2. The smallest absolute Gasteiger partial charge is 0.491 e. The number of pyridine rings is 1. The minimum Gasteiger partial charge on any atom is -0.491 e. The van der Waals surface area contributed by atoms with Crippen LogP contribution in [0.1, 0.15) is 62.0 Å². The van der Waals surface area contributed by atoms with Crippen molar-refractivity contribution in [2.24, 2.45) is 0 Å². The lowest BCUT2D eigenvalue weighted by Crippen LogP contribution is -2.42. The lowest BCUT2D eigenvalue weighted by molar-refractivity contribution is -0.0500. The van der Waals surface area contributed by atoms with Crippen LogP contribution in [-0.4, -0.2) is 61.1 Å². The van der Waals surface area contributed by atoms with E-state index in [-0.39, 0.29) is 18.2 Å². The van der Waals surface area contributed by atoms with Crippen molar-refractivity contribution in [2.75, 3.05) is 13.7 Å². The summed E-state index contributed by atoms with van der Waals surface area (Å²) in [7, 11) is -4.33. The summed E-state index contributed by atoms with van der Waals surface area (Å²) in [5.74, 6) is -0.644. The van der Waals surface area contributed by atoms with Crippen molar-refractivity contribution < 1.29 is 44.8 Å². The first-order chi connectivity index (χ1) is 20.3. The summed E-state index contributed by atoms with van der Waals surface area (Å²) < 4.78 is 78.2. The average molecular weight is 638 g/mol. The van der Waals surface area contributed by atoms with Crippen LogP contribution in [0.15, 0.2) is 48.7 Å². The number of carbonyl (C=O) groups is 2. The lowest BCUT2D eigenvalue weighted by Gasteiger charge is -2.28. The fraction of sp³-hybridized carbons (Fsp3) is 0.433. The second kappa shape index (κ2) is 11.8. The number of amides is 2. The Bertz CT molecular complexity index is 1680. The highest BCUT2D eigenvalue weighted by Gasteiger charge is 2.50. The van der Waals surface area contributed by atoms with Gasteiger partial charge < -0.3 is 23.9 Å². The molecule has 3 aromatic rings. The number of carbonyl (C=O) groups excluding carboxylic acids is 2. The molecule has 1 fully saturated rings. The van der Waals surface area contributed by atoms with Crippen molar-refractivity contribution >= 4 is 33.0 Å². The number of aromatic nitrogens is 1. The molecule has 1 N–H and O–H groups in total. The molecule has 4 rings (SSSR count). The third kappa shape index (κ3) is 7.34. The molecule has 2 amide bonds. The summed E-state index contributed by atoms with van der Waals surface area (Å²) in [4.78, 5) is 31.5. The number of hydrogen-bond donors (Lipinski definition) is 1. The number of halogens is 3. The molecule has 10 nitrogen and oxygen atoms in total. The zero-order chi connectivity index (χ0) is 32.7. The number of alkyl halides is 3. The molecule has 1 heterocycles. The summed E-state index contributed by atoms with van der Waals surface area (Å²) in [5, 5.41) is 3.51. The van der Waals surface area contributed by atoms with Crippen LogP contribution in [0.5, 0.6) is 11.5 Å². The predicted molar refractivity (Wildman–Crippen MR) is 156 cm³/mol. The normalized spacial score (nSPS) is 15.3. The van der Waals surface area contributed by atoms with Gasteiger partial charge in [0, 0.05) is 30.3 Å². The Balaban J connectivity index is 1.55. The maximum absolute atomic E-state index is 13.6. The van der Waals surface area contributed by atoms with Crippen molar-refractivity contribution in [2.45, 2.75) is 70.2 Å². The maximum Gasteiger partial charge on any atom is 0.534 e. The molecule has 0 spiro atoms. The van der Waals surface area contributed by atoms with Gasteiger partial charge in [-0.2, -0.15) is 21.6 Å². The Morgan fingerprint density at radius 3 is 2.39 bits per heavy atom. The Morgan fingerprint density at radius 1 is 1.09 bits per heavy atom. The molecular weight excluding hydrogens is 603 g/mol. The Kier molecular flexibility index (Phi) is 8.80. The molecule has 1 aromatic heterocycles. The fourth-order valence-corrected chi connectivity index (χ4v) is 4.87. The van der Waals surface area contributed by atoms with Crippen LogP contribution in [0.3, 0.4) is 0 Å². The highest BCUT2D eigenvalue weighted by Crippen LogP contribution is 2.49. The summed E-state index contributed by atoms with van der Waals surface area (Å²) in [6.07, 6.45) is 1.80. The molecule has 14 heteroatoms. The summed E-state index contributed by atoms with van der Waals surface area (Å²) in [5.41, 5.74) is -5.73. The highest BCUT2D eigenvalue weighted by atomic mass is 32.2. The van der Waals surface area contributed by atoms with Crippen LogP contribution in [0.2, 0.25) is 0 Å². The number of fused-ring (bicyclic) bond motifs is 1. The van der Waals surface area contributed by atoms with Crippen molar-refractivity contribution in [3.63, 3.8) is 0 Å². The molecule has 1 atom stereocenters. The van der Waals surface area contributed by atoms with Crippen molar-refractivity contribution in [1.29, 1.82) is 0 Å².